The Morgan fingerprint density at radius 2 is 2.12 bits per heavy atom. The zero-order valence-corrected chi connectivity index (χ0v) is 15.2. The summed E-state index contributed by atoms with van der Waals surface area (Å²) in [5, 5.41) is 0. The largest absolute Gasteiger partial charge is 0.495 e. The maximum atomic E-state index is 13.2. The van der Waals surface area contributed by atoms with Crippen molar-refractivity contribution < 1.29 is 22.6 Å². The van der Waals surface area contributed by atoms with Crippen molar-refractivity contribution in [3.8, 4) is 5.75 Å². The third-order valence-electron chi connectivity index (χ3n) is 4.76. The molecule has 0 amide bonds. The first-order chi connectivity index (χ1) is 11.5. The number of hydrogen-bond donors (Lipinski definition) is 0. The van der Waals surface area contributed by atoms with Gasteiger partial charge in [-0.3, -0.25) is 0 Å². The molecule has 2 aliphatic rings. The zero-order valence-electron chi connectivity index (χ0n) is 14.4. The molecule has 2 aliphatic heterocycles. The van der Waals surface area contributed by atoms with Crippen LogP contribution in [0.25, 0.3) is 0 Å². The van der Waals surface area contributed by atoms with Gasteiger partial charge in [0.05, 0.1) is 19.3 Å². The van der Waals surface area contributed by atoms with Crippen molar-refractivity contribution in [1.82, 2.24) is 4.31 Å². The van der Waals surface area contributed by atoms with Crippen molar-refractivity contribution in [2.24, 2.45) is 0 Å². The topological polar surface area (TPSA) is 65.1 Å². The Kier molecular flexibility index (Phi) is 5.15. The summed E-state index contributed by atoms with van der Waals surface area (Å²) in [5.74, 6) is 0.386. The molecule has 2 saturated heterocycles. The van der Waals surface area contributed by atoms with Crippen LogP contribution in [0.1, 0.15) is 25.3 Å². The summed E-state index contributed by atoms with van der Waals surface area (Å²) in [5.41, 5.74) is 0.961. The van der Waals surface area contributed by atoms with Gasteiger partial charge < -0.3 is 14.2 Å². The first-order valence-electron chi connectivity index (χ1n) is 8.38. The molecule has 2 heterocycles. The molecule has 0 N–H and O–H groups in total. The van der Waals surface area contributed by atoms with E-state index in [1.165, 1.54) is 7.11 Å². The lowest BCUT2D eigenvalue weighted by Crippen LogP contribution is -2.55. The number of nitrogens with zero attached hydrogens (tertiary/aromatic N) is 1. The maximum absolute atomic E-state index is 13.2. The van der Waals surface area contributed by atoms with Gasteiger partial charge in [0.1, 0.15) is 16.7 Å². The molecule has 3 rings (SSSR count). The summed E-state index contributed by atoms with van der Waals surface area (Å²) in [6.07, 6.45) is 1.11. The molecule has 0 radical (unpaired) electrons. The fraction of sp³-hybridized carbons (Fsp3) is 0.647. The number of benzene rings is 1. The molecular weight excluding hydrogens is 330 g/mol. The van der Waals surface area contributed by atoms with Crippen LogP contribution in [0.15, 0.2) is 23.1 Å². The Morgan fingerprint density at radius 1 is 1.33 bits per heavy atom. The van der Waals surface area contributed by atoms with Gasteiger partial charge in [-0.15, -0.1) is 0 Å². The Labute approximate surface area is 143 Å². The van der Waals surface area contributed by atoms with Crippen molar-refractivity contribution in [3.63, 3.8) is 0 Å². The number of hydrogen-bond acceptors (Lipinski definition) is 5. The van der Waals surface area contributed by atoms with Gasteiger partial charge in [0, 0.05) is 19.8 Å². The highest BCUT2D eigenvalue weighted by Crippen LogP contribution is 2.36. The number of piperidine rings is 1. The van der Waals surface area contributed by atoms with Crippen LogP contribution in [0.3, 0.4) is 0 Å². The first-order valence-corrected chi connectivity index (χ1v) is 9.82. The first kappa shape index (κ1) is 17.7. The highest BCUT2D eigenvalue weighted by Gasteiger charge is 2.47. The van der Waals surface area contributed by atoms with Crippen molar-refractivity contribution >= 4 is 10.0 Å². The molecular formula is C17H25NO5S. The second-order valence-corrected chi connectivity index (χ2v) is 8.10. The second kappa shape index (κ2) is 7.00. The molecule has 2 fully saturated rings. The van der Waals surface area contributed by atoms with E-state index < -0.39 is 10.0 Å². The summed E-state index contributed by atoms with van der Waals surface area (Å²) in [7, 11) is -2.14. The van der Waals surface area contributed by atoms with Gasteiger partial charge in [-0.25, -0.2) is 8.42 Å². The number of methoxy groups -OCH3 is 1. The molecule has 1 aromatic carbocycles. The Morgan fingerprint density at radius 3 is 2.83 bits per heavy atom. The minimum absolute atomic E-state index is 0.0335. The van der Waals surface area contributed by atoms with E-state index in [2.05, 4.69) is 0 Å². The molecule has 24 heavy (non-hydrogen) atoms. The summed E-state index contributed by atoms with van der Waals surface area (Å²) in [4.78, 5) is 0.219. The molecule has 0 aliphatic carbocycles. The Bertz CT molecular complexity index is 690. The quantitative estimate of drug-likeness (QED) is 0.808. The standard InChI is InChI=1S/C17H25NO5S/c1-4-22-14-7-9-18(13-8-10-23-17(13)14)24(19,20)16-6-5-12(2)11-15(16)21-3/h5-6,11,13-14,17H,4,7-10H2,1-3H3/t13-,14+,17-/m0/s1. The highest BCUT2D eigenvalue weighted by atomic mass is 32.2. The molecule has 134 valence electrons. The van der Waals surface area contributed by atoms with Gasteiger partial charge in [-0.2, -0.15) is 4.31 Å². The molecule has 0 saturated carbocycles. The average molecular weight is 355 g/mol. The fourth-order valence-corrected chi connectivity index (χ4v) is 5.47. The van der Waals surface area contributed by atoms with Gasteiger partial charge in [0.2, 0.25) is 10.0 Å². The van der Waals surface area contributed by atoms with Gasteiger partial charge in [-0.05, 0) is 44.4 Å². The van der Waals surface area contributed by atoms with Crippen molar-refractivity contribution in [3.05, 3.63) is 23.8 Å². The molecule has 0 unspecified atom stereocenters. The van der Waals surface area contributed by atoms with E-state index in [0.717, 1.165) is 5.56 Å². The predicted octanol–water partition coefficient (Wildman–Crippen LogP) is 1.96. The third kappa shape index (κ3) is 3.06. The van der Waals surface area contributed by atoms with E-state index in [1.54, 1.807) is 22.5 Å². The van der Waals surface area contributed by atoms with Crippen molar-refractivity contribution in [1.29, 1.82) is 0 Å². The normalized spacial score (nSPS) is 27.9. The van der Waals surface area contributed by atoms with Crippen molar-refractivity contribution in [2.45, 2.75) is 49.8 Å². The van der Waals surface area contributed by atoms with E-state index in [1.807, 2.05) is 13.8 Å². The summed E-state index contributed by atoms with van der Waals surface area (Å²) in [6.45, 7) is 5.47. The van der Waals surface area contributed by atoms with Crippen LogP contribution in [0.2, 0.25) is 0 Å². The Balaban J connectivity index is 1.93. The van der Waals surface area contributed by atoms with Crippen LogP contribution in [0, 0.1) is 6.92 Å². The summed E-state index contributed by atoms with van der Waals surface area (Å²) >= 11 is 0. The number of fused-ring (bicyclic) bond motifs is 1. The predicted molar refractivity (Wildman–Crippen MR) is 89.8 cm³/mol. The van der Waals surface area contributed by atoms with E-state index in [0.29, 0.717) is 38.3 Å². The van der Waals surface area contributed by atoms with Gasteiger partial charge in [0.15, 0.2) is 0 Å². The molecule has 0 bridgehead atoms. The van der Waals surface area contributed by atoms with E-state index in [-0.39, 0.29) is 23.1 Å². The molecule has 3 atom stereocenters. The minimum Gasteiger partial charge on any atom is -0.495 e. The lowest BCUT2D eigenvalue weighted by atomic mass is 9.98. The lowest BCUT2D eigenvalue weighted by molar-refractivity contribution is -0.0810. The van der Waals surface area contributed by atoms with Crippen LogP contribution < -0.4 is 4.74 Å². The maximum Gasteiger partial charge on any atom is 0.247 e. The third-order valence-corrected chi connectivity index (χ3v) is 6.72. The van der Waals surface area contributed by atoms with Crippen LogP contribution in [0.4, 0.5) is 0 Å². The van der Waals surface area contributed by atoms with E-state index in [4.69, 9.17) is 14.2 Å². The molecule has 1 aromatic rings. The van der Waals surface area contributed by atoms with Gasteiger partial charge in [-0.1, -0.05) is 6.07 Å². The lowest BCUT2D eigenvalue weighted by Gasteiger charge is -2.40. The molecule has 0 aromatic heterocycles. The van der Waals surface area contributed by atoms with Crippen molar-refractivity contribution in [2.75, 3.05) is 26.9 Å². The molecule has 7 heteroatoms. The smallest absolute Gasteiger partial charge is 0.247 e. The van der Waals surface area contributed by atoms with E-state index >= 15 is 0 Å². The monoisotopic (exact) mass is 355 g/mol. The number of rotatable bonds is 5. The zero-order chi connectivity index (χ0) is 17.3. The SMILES string of the molecule is CCO[C@@H]1CCN(S(=O)(=O)c2ccc(C)cc2OC)[C@H]2CCO[C@H]12. The summed E-state index contributed by atoms with van der Waals surface area (Å²) < 4.78 is 44.9. The molecule has 0 spiro atoms. The minimum atomic E-state index is -3.64. The number of aryl methyl sites for hydroxylation is 1. The second-order valence-electron chi connectivity index (χ2n) is 6.24. The number of sulfonamides is 1. The van der Waals surface area contributed by atoms with Crippen LogP contribution >= 0.6 is 0 Å². The summed E-state index contributed by atoms with van der Waals surface area (Å²) in [6, 6.07) is 5.00. The fourth-order valence-electron chi connectivity index (χ4n) is 3.65. The van der Waals surface area contributed by atoms with Gasteiger partial charge >= 0.3 is 0 Å². The highest BCUT2D eigenvalue weighted by molar-refractivity contribution is 7.89. The van der Waals surface area contributed by atoms with Crippen LogP contribution in [0.5, 0.6) is 5.75 Å². The van der Waals surface area contributed by atoms with Crippen LogP contribution in [-0.2, 0) is 19.5 Å². The molecule has 6 nitrogen and oxygen atoms in total. The van der Waals surface area contributed by atoms with E-state index in [9.17, 15) is 8.42 Å². The Hall–Kier alpha value is -1.15. The van der Waals surface area contributed by atoms with Crippen LogP contribution in [-0.4, -0.2) is 57.8 Å². The average Bonchev–Trinajstić information content (AvgIpc) is 3.04. The number of ether oxygens (including phenoxy) is 3. The van der Waals surface area contributed by atoms with Gasteiger partial charge in [0.25, 0.3) is 0 Å².